The highest BCUT2D eigenvalue weighted by Crippen LogP contribution is 2.29. The summed E-state index contributed by atoms with van der Waals surface area (Å²) in [4.78, 5) is 8.71. The first-order valence-electron chi connectivity index (χ1n) is 7.04. The van der Waals surface area contributed by atoms with E-state index in [4.69, 9.17) is 0 Å². The minimum Gasteiger partial charge on any atom is -0.395 e. The summed E-state index contributed by atoms with van der Waals surface area (Å²) in [7, 11) is 0. The molecule has 0 saturated carbocycles. The van der Waals surface area contributed by atoms with Crippen LogP contribution in [0.1, 0.15) is 39.2 Å². The molecule has 1 rings (SSSR count). The Hall–Kier alpha value is -1.01. The molecular weight excluding hydrogens is 272 g/mol. The fourth-order valence-electron chi connectivity index (χ4n) is 2.11. The third-order valence-corrected chi connectivity index (χ3v) is 4.37. The van der Waals surface area contributed by atoms with Gasteiger partial charge < -0.3 is 15.7 Å². The van der Waals surface area contributed by atoms with Gasteiger partial charge in [-0.05, 0) is 26.0 Å². The summed E-state index contributed by atoms with van der Waals surface area (Å²) in [5, 5.41) is 16.2. The third kappa shape index (κ3) is 4.24. The maximum Gasteiger partial charge on any atom is 0.135 e. The van der Waals surface area contributed by atoms with Crippen LogP contribution >= 0.6 is 11.8 Å². The zero-order valence-corrected chi connectivity index (χ0v) is 13.8. The Labute approximate surface area is 126 Å². The van der Waals surface area contributed by atoms with E-state index < -0.39 is 0 Å². The molecule has 0 aliphatic heterocycles. The molecule has 0 amide bonds. The van der Waals surface area contributed by atoms with Gasteiger partial charge in [0.15, 0.2) is 0 Å². The summed E-state index contributed by atoms with van der Waals surface area (Å²) in [6.07, 6.45) is 3.58. The van der Waals surface area contributed by atoms with Gasteiger partial charge in [-0.25, -0.2) is 9.97 Å². The lowest BCUT2D eigenvalue weighted by atomic mass is 10.0. The normalized spacial score (nSPS) is 14.2. The van der Waals surface area contributed by atoms with E-state index in [-0.39, 0.29) is 17.9 Å². The average molecular weight is 298 g/mol. The molecule has 6 heteroatoms. The van der Waals surface area contributed by atoms with Gasteiger partial charge in [0.05, 0.1) is 6.61 Å². The second-order valence-corrected chi connectivity index (χ2v) is 6.14. The highest BCUT2D eigenvalue weighted by Gasteiger charge is 2.20. The van der Waals surface area contributed by atoms with Crippen molar-refractivity contribution < 1.29 is 5.11 Å². The molecule has 1 aromatic rings. The SMILES string of the molecule is CCNc1ncnc(NC(C)C(CO)SC)c1C(C)C. The minimum absolute atomic E-state index is 0.136. The van der Waals surface area contributed by atoms with E-state index in [1.807, 2.05) is 6.26 Å². The number of nitrogens with one attached hydrogen (secondary N) is 2. The van der Waals surface area contributed by atoms with Gasteiger partial charge in [-0.3, -0.25) is 0 Å². The van der Waals surface area contributed by atoms with Crippen molar-refractivity contribution in [3.8, 4) is 0 Å². The van der Waals surface area contributed by atoms with Gasteiger partial charge in [-0.2, -0.15) is 11.8 Å². The van der Waals surface area contributed by atoms with Gasteiger partial charge in [0.2, 0.25) is 0 Å². The number of hydrogen-bond donors (Lipinski definition) is 3. The molecule has 0 fully saturated rings. The van der Waals surface area contributed by atoms with Crippen molar-refractivity contribution >= 4 is 23.4 Å². The number of hydrogen-bond acceptors (Lipinski definition) is 6. The molecule has 0 aliphatic carbocycles. The number of aliphatic hydroxyl groups is 1. The Kier molecular flexibility index (Phi) is 7.09. The summed E-state index contributed by atoms with van der Waals surface area (Å²) in [5.41, 5.74) is 1.10. The first-order chi connectivity index (χ1) is 9.54. The molecule has 20 heavy (non-hydrogen) atoms. The molecule has 1 heterocycles. The molecule has 0 radical (unpaired) electrons. The fourth-order valence-corrected chi connectivity index (χ4v) is 2.74. The quantitative estimate of drug-likeness (QED) is 0.685. The van der Waals surface area contributed by atoms with E-state index in [0.29, 0.717) is 5.92 Å². The molecule has 2 unspecified atom stereocenters. The van der Waals surface area contributed by atoms with Crippen LogP contribution in [0.3, 0.4) is 0 Å². The van der Waals surface area contributed by atoms with Crippen LogP contribution in [0.15, 0.2) is 6.33 Å². The van der Waals surface area contributed by atoms with Crippen molar-refractivity contribution in [3.63, 3.8) is 0 Å². The monoisotopic (exact) mass is 298 g/mol. The molecule has 5 nitrogen and oxygen atoms in total. The predicted octanol–water partition coefficient (Wildman–Crippen LogP) is 2.56. The molecular formula is C14H26N4OS. The van der Waals surface area contributed by atoms with Crippen molar-refractivity contribution in [2.24, 2.45) is 0 Å². The topological polar surface area (TPSA) is 70.1 Å². The Balaban J connectivity index is 3.02. The number of aromatic nitrogens is 2. The van der Waals surface area contributed by atoms with Crippen molar-refractivity contribution in [1.29, 1.82) is 0 Å². The van der Waals surface area contributed by atoms with E-state index in [1.165, 1.54) is 0 Å². The molecule has 0 saturated heterocycles. The lowest BCUT2D eigenvalue weighted by Gasteiger charge is -2.24. The summed E-state index contributed by atoms with van der Waals surface area (Å²) in [5.74, 6) is 2.06. The van der Waals surface area contributed by atoms with E-state index in [0.717, 1.165) is 23.7 Å². The van der Waals surface area contributed by atoms with Crippen LogP contribution in [0.4, 0.5) is 11.6 Å². The molecule has 1 aromatic heterocycles. The summed E-state index contributed by atoms with van der Waals surface area (Å²) in [6.45, 7) is 9.36. The standard InChI is InChI=1S/C14H26N4OS/c1-6-15-13-12(9(2)3)14(17-8-16-13)18-10(4)11(7-19)20-5/h8-11,19H,6-7H2,1-5H3,(H2,15,16,17,18). The predicted molar refractivity (Wildman–Crippen MR) is 87.8 cm³/mol. The van der Waals surface area contributed by atoms with Gasteiger partial charge in [0.1, 0.15) is 18.0 Å². The first kappa shape index (κ1) is 17.0. The van der Waals surface area contributed by atoms with Crippen LogP contribution in [-0.2, 0) is 0 Å². The van der Waals surface area contributed by atoms with E-state index in [2.05, 4.69) is 48.3 Å². The zero-order valence-electron chi connectivity index (χ0n) is 13.0. The highest BCUT2D eigenvalue weighted by molar-refractivity contribution is 7.99. The largest absolute Gasteiger partial charge is 0.395 e. The van der Waals surface area contributed by atoms with Crippen LogP contribution < -0.4 is 10.6 Å². The van der Waals surface area contributed by atoms with Crippen LogP contribution in [0.25, 0.3) is 0 Å². The summed E-state index contributed by atoms with van der Waals surface area (Å²) in [6, 6.07) is 0.136. The van der Waals surface area contributed by atoms with Crippen molar-refractivity contribution in [3.05, 3.63) is 11.9 Å². The number of nitrogens with zero attached hydrogens (tertiary/aromatic N) is 2. The Bertz CT molecular complexity index is 410. The molecule has 2 atom stereocenters. The van der Waals surface area contributed by atoms with E-state index in [9.17, 15) is 5.11 Å². The lowest BCUT2D eigenvalue weighted by molar-refractivity contribution is 0.288. The molecule has 0 bridgehead atoms. The Morgan fingerprint density at radius 3 is 2.40 bits per heavy atom. The number of aliphatic hydroxyl groups excluding tert-OH is 1. The van der Waals surface area contributed by atoms with Gasteiger partial charge in [0.25, 0.3) is 0 Å². The van der Waals surface area contributed by atoms with Crippen LogP contribution in [0, 0.1) is 0 Å². The van der Waals surface area contributed by atoms with Crippen molar-refractivity contribution in [1.82, 2.24) is 9.97 Å². The van der Waals surface area contributed by atoms with Gasteiger partial charge in [0, 0.05) is 23.4 Å². The lowest BCUT2D eigenvalue weighted by Crippen LogP contribution is -2.32. The summed E-state index contributed by atoms with van der Waals surface area (Å²) >= 11 is 1.65. The molecule has 0 aromatic carbocycles. The zero-order chi connectivity index (χ0) is 15.1. The first-order valence-corrected chi connectivity index (χ1v) is 8.32. The van der Waals surface area contributed by atoms with Crippen molar-refractivity contribution in [2.75, 3.05) is 30.0 Å². The highest BCUT2D eigenvalue weighted by atomic mass is 32.2. The minimum atomic E-state index is 0.136. The summed E-state index contributed by atoms with van der Waals surface area (Å²) < 4.78 is 0. The van der Waals surface area contributed by atoms with E-state index in [1.54, 1.807) is 18.1 Å². The molecule has 3 N–H and O–H groups in total. The molecule has 0 spiro atoms. The second-order valence-electron chi connectivity index (χ2n) is 5.06. The van der Waals surface area contributed by atoms with Crippen molar-refractivity contribution in [2.45, 2.75) is 44.9 Å². The Morgan fingerprint density at radius 2 is 1.90 bits per heavy atom. The second kappa shape index (κ2) is 8.32. The van der Waals surface area contributed by atoms with Crippen LogP contribution in [-0.4, -0.2) is 45.8 Å². The van der Waals surface area contributed by atoms with Gasteiger partial charge in [-0.1, -0.05) is 13.8 Å². The number of thioether (sulfide) groups is 1. The maximum absolute atomic E-state index is 9.39. The third-order valence-electron chi connectivity index (χ3n) is 3.21. The van der Waals surface area contributed by atoms with E-state index >= 15 is 0 Å². The van der Waals surface area contributed by atoms with Gasteiger partial charge >= 0.3 is 0 Å². The number of anilines is 2. The molecule has 114 valence electrons. The Morgan fingerprint density at radius 1 is 1.25 bits per heavy atom. The number of rotatable bonds is 8. The molecule has 0 aliphatic rings. The van der Waals surface area contributed by atoms with Crippen LogP contribution in [0.5, 0.6) is 0 Å². The maximum atomic E-state index is 9.39. The average Bonchev–Trinajstić information content (AvgIpc) is 2.40. The smallest absolute Gasteiger partial charge is 0.135 e. The van der Waals surface area contributed by atoms with Gasteiger partial charge in [-0.15, -0.1) is 0 Å². The van der Waals surface area contributed by atoms with Crippen LogP contribution in [0.2, 0.25) is 0 Å². The fraction of sp³-hybridized carbons (Fsp3) is 0.714.